The molecule has 0 aliphatic heterocycles. The molecule has 0 radical (unpaired) electrons. The lowest BCUT2D eigenvalue weighted by Crippen LogP contribution is -2.12. The number of rotatable bonds is 3. The van der Waals surface area contributed by atoms with Crippen LogP contribution in [-0.2, 0) is 0 Å². The van der Waals surface area contributed by atoms with Crippen molar-refractivity contribution in [2.45, 2.75) is 26.7 Å². The maximum Gasteiger partial charge on any atom is -0.00153 e. The van der Waals surface area contributed by atoms with Gasteiger partial charge in [-0.25, -0.2) is 0 Å². The fourth-order valence-electron chi connectivity index (χ4n) is 2.79. The van der Waals surface area contributed by atoms with Crippen LogP contribution in [0.5, 0.6) is 0 Å². The van der Waals surface area contributed by atoms with E-state index in [1.165, 1.54) is 19.4 Å². The van der Waals surface area contributed by atoms with Crippen molar-refractivity contribution in [3.05, 3.63) is 0 Å². The summed E-state index contributed by atoms with van der Waals surface area (Å²) in [5, 5.41) is 3.30. The fraction of sp³-hybridized carbons (Fsp3) is 1.00. The molecule has 2 unspecified atom stereocenters. The molecule has 0 aromatic heterocycles. The van der Waals surface area contributed by atoms with E-state index in [-0.39, 0.29) is 0 Å². The summed E-state index contributed by atoms with van der Waals surface area (Å²) in [6.07, 6.45) is 3.02. The average molecular weight is 153 g/mol. The zero-order valence-electron chi connectivity index (χ0n) is 7.85. The molecule has 0 aromatic carbocycles. The van der Waals surface area contributed by atoms with Crippen LogP contribution in [0.2, 0.25) is 0 Å². The standard InChI is InChI=1S/C10H19N/c1-10(2)8(6-11-3)9(10)7-4-5-7/h7-9,11H,4-6H2,1-3H3. The molecule has 2 saturated carbocycles. The van der Waals surface area contributed by atoms with Crippen LogP contribution in [0.25, 0.3) is 0 Å². The molecular weight excluding hydrogens is 134 g/mol. The molecule has 1 heteroatoms. The van der Waals surface area contributed by atoms with Crippen LogP contribution >= 0.6 is 0 Å². The first kappa shape index (κ1) is 7.60. The van der Waals surface area contributed by atoms with Crippen molar-refractivity contribution < 1.29 is 0 Å². The summed E-state index contributed by atoms with van der Waals surface area (Å²) in [7, 11) is 2.07. The molecule has 2 rings (SSSR count). The van der Waals surface area contributed by atoms with E-state index in [1.807, 2.05) is 0 Å². The first-order valence-electron chi connectivity index (χ1n) is 4.82. The largest absolute Gasteiger partial charge is 0.319 e. The monoisotopic (exact) mass is 153 g/mol. The van der Waals surface area contributed by atoms with Crippen LogP contribution in [0.4, 0.5) is 0 Å². The number of hydrogen-bond acceptors (Lipinski definition) is 1. The highest BCUT2D eigenvalue weighted by Crippen LogP contribution is 2.66. The van der Waals surface area contributed by atoms with E-state index in [0.29, 0.717) is 5.41 Å². The third-order valence-corrected chi connectivity index (χ3v) is 3.69. The summed E-state index contributed by atoms with van der Waals surface area (Å²) in [4.78, 5) is 0. The first-order chi connectivity index (χ1) is 5.18. The van der Waals surface area contributed by atoms with Crippen molar-refractivity contribution in [3.8, 4) is 0 Å². The Balaban J connectivity index is 1.92. The van der Waals surface area contributed by atoms with Gasteiger partial charge in [0.2, 0.25) is 0 Å². The first-order valence-corrected chi connectivity index (χ1v) is 4.82. The molecule has 0 saturated heterocycles. The van der Waals surface area contributed by atoms with Crippen LogP contribution in [0.1, 0.15) is 26.7 Å². The van der Waals surface area contributed by atoms with Crippen molar-refractivity contribution in [3.63, 3.8) is 0 Å². The lowest BCUT2D eigenvalue weighted by atomic mass is 10.1. The molecule has 2 atom stereocenters. The van der Waals surface area contributed by atoms with Gasteiger partial charge in [0.05, 0.1) is 0 Å². The lowest BCUT2D eigenvalue weighted by molar-refractivity contribution is 0.508. The smallest absolute Gasteiger partial charge is 0.00153 e. The Bertz CT molecular complexity index is 158. The molecule has 1 nitrogen and oxygen atoms in total. The second-order valence-corrected chi connectivity index (χ2v) is 4.85. The van der Waals surface area contributed by atoms with E-state index in [4.69, 9.17) is 0 Å². The molecule has 0 aromatic rings. The Morgan fingerprint density at radius 1 is 1.36 bits per heavy atom. The summed E-state index contributed by atoms with van der Waals surface area (Å²) in [5.74, 6) is 3.12. The maximum atomic E-state index is 3.30. The molecule has 0 bridgehead atoms. The molecular formula is C10H19N. The van der Waals surface area contributed by atoms with Gasteiger partial charge in [0.25, 0.3) is 0 Å². The summed E-state index contributed by atoms with van der Waals surface area (Å²) in [5.41, 5.74) is 0.657. The maximum absolute atomic E-state index is 3.30. The number of hydrogen-bond donors (Lipinski definition) is 1. The predicted octanol–water partition coefficient (Wildman–Crippen LogP) is 1.89. The third kappa shape index (κ3) is 1.10. The minimum absolute atomic E-state index is 0.657. The molecule has 2 fully saturated rings. The van der Waals surface area contributed by atoms with Gasteiger partial charge in [-0.05, 0) is 49.6 Å². The zero-order valence-corrected chi connectivity index (χ0v) is 7.85. The van der Waals surface area contributed by atoms with Gasteiger partial charge in [0.15, 0.2) is 0 Å². The highest BCUT2D eigenvalue weighted by molar-refractivity contribution is 5.11. The minimum atomic E-state index is 0.657. The van der Waals surface area contributed by atoms with E-state index in [0.717, 1.165) is 17.8 Å². The highest BCUT2D eigenvalue weighted by Gasteiger charge is 2.62. The molecule has 2 aliphatic carbocycles. The second-order valence-electron chi connectivity index (χ2n) is 4.85. The van der Waals surface area contributed by atoms with Gasteiger partial charge in [-0.1, -0.05) is 13.8 Å². The van der Waals surface area contributed by atoms with Crippen LogP contribution in [-0.4, -0.2) is 13.6 Å². The molecule has 0 heterocycles. The Kier molecular flexibility index (Phi) is 1.54. The second kappa shape index (κ2) is 2.22. The van der Waals surface area contributed by atoms with Crippen LogP contribution in [0, 0.1) is 23.2 Å². The molecule has 11 heavy (non-hydrogen) atoms. The van der Waals surface area contributed by atoms with E-state index in [1.54, 1.807) is 0 Å². The molecule has 64 valence electrons. The van der Waals surface area contributed by atoms with Crippen molar-refractivity contribution in [1.29, 1.82) is 0 Å². The number of nitrogens with one attached hydrogen (secondary N) is 1. The minimum Gasteiger partial charge on any atom is -0.319 e. The van der Waals surface area contributed by atoms with Crippen molar-refractivity contribution in [1.82, 2.24) is 5.32 Å². The Hall–Kier alpha value is -0.0400. The van der Waals surface area contributed by atoms with Gasteiger partial charge >= 0.3 is 0 Å². The zero-order chi connectivity index (χ0) is 8.06. The Morgan fingerprint density at radius 3 is 2.45 bits per heavy atom. The van der Waals surface area contributed by atoms with Crippen molar-refractivity contribution in [2.75, 3.05) is 13.6 Å². The summed E-state index contributed by atoms with van der Waals surface area (Å²) >= 11 is 0. The topological polar surface area (TPSA) is 12.0 Å². The van der Waals surface area contributed by atoms with Gasteiger partial charge in [0, 0.05) is 0 Å². The Labute approximate surface area is 69.6 Å². The van der Waals surface area contributed by atoms with Crippen LogP contribution in [0.3, 0.4) is 0 Å². The highest BCUT2D eigenvalue weighted by atomic mass is 14.9. The van der Waals surface area contributed by atoms with Crippen LogP contribution in [0.15, 0.2) is 0 Å². The quantitative estimate of drug-likeness (QED) is 0.653. The molecule has 2 aliphatic rings. The van der Waals surface area contributed by atoms with Crippen molar-refractivity contribution >= 4 is 0 Å². The summed E-state index contributed by atoms with van der Waals surface area (Å²) < 4.78 is 0. The van der Waals surface area contributed by atoms with Gasteiger partial charge in [-0.2, -0.15) is 0 Å². The fourth-order valence-corrected chi connectivity index (χ4v) is 2.79. The lowest BCUT2D eigenvalue weighted by Gasteiger charge is -2.00. The molecule has 0 amide bonds. The SMILES string of the molecule is CNCC1C(C2CC2)C1(C)C. The summed E-state index contributed by atoms with van der Waals surface area (Å²) in [6.45, 7) is 6.09. The molecule has 1 N–H and O–H groups in total. The van der Waals surface area contributed by atoms with Gasteiger partial charge in [-0.15, -0.1) is 0 Å². The molecule has 0 spiro atoms. The third-order valence-electron chi connectivity index (χ3n) is 3.69. The van der Waals surface area contributed by atoms with Crippen LogP contribution < -0.4 is 5.32 Å². The Morgan fingerprint density at radius 2 is 2.00 bits per heavy atom. The van der Waals surface area contributed by atoms with E-state index < -0.39 is 0 Å². The van der Waals surface area contributed by atoms with E-state index in [9.17, 15) is 0 Å². The van der Waals surface area contributed by atoms with E-state index in [2.05, 4.69) is 26.2 Å². The van der Waals surface area contributed by atoms with E-state index >= 15 is 0 Å². The predicted molar refractivity (Wildman–Crippen MR) is 47.4 cm³/mol. The van der Waals surface area contributed by atoms with Gasteiger partial charge in [0.1, 0.15) is 0 Å². The summed E-state index contributed by atoms with van der Waals surface area (Å²) in [6, 6.07) is 0. The van der Waals surface area contributed by atoms with Gasteiger partial charge < -0.3 is 5.32 Å². The van der Waals surface area contributed by atoms with Gasteiger partial charge in [-0.3, -0.25) is 0 Å². The van der Waals surface area contributed by atoms with Crippen molar-refractivity contribution in [2.24, 2.45) is 23.2 Å². The average Bonchev–Trinajstić information content (AvgIpc) is 2.75. The normalized spacial score (nSPS) is 40.6.